The van der Waals surface area contributed by atoms with E-state index < -0.39 is 24.5 Å². The van der Waals surface area contributed by atoms with Crippen molar-refractivity contribution in [2.45, 2.75) is 34.1 Å². The highest BCUT2D eigenvalue weighted by molar-refractivity contribution is 7.16. The zero-order valence-corrected chi connectivity index (χ0v) is 14.5. The number of hydrogen-bond donors (Lipinski definition) is 1. The Hall–Kier alpha value is -2.15. The van der Waals surface area contributed by atoms with Crippen molar-refractivity contribution < 1.29 is 23.9 Å². The topological polar surface area (TPSA) is 81.7 Å². The molecule has 1 rings (SSSR count). The van der Waals surface area contributed by atoms with Crippen LogP contribution in [0.15, 0.2) is 17.7 Å². The molecule has 0 spiro atoms. The van der Waals surface area contributed by atoms with Gasteiger partial charge in [0.05, 0.1) is 12.2 Å². The number of anilines is 1. The Bertz CT molecular complexity index is 614. The van der Waals surface area contributed by atoms with Crippen LogP contribution in [0, 0.1) is 0 Å². The fourth-order valence-corrected chi connectivity index (χ4v) is 2.65. The van der Waals surface area contributed by atoms with Gasteiger partial charge in [0, 0.05) is 11.0 Å². The van der Waals surface area contributed by atoms with E-state index in [1.807, 2.05) is 6.92 Å². The summed E-state index contributed by atoms with van der Waals surface area (Å²) < 4.78 is 9.80. The Balaban J connectivity index is 2.73. The van der Waals surface area contributed by atoms with Crippen molar-refractivity contribution in [3.05, 3.63) is 28.2 Å². The Labute approximate surface area is 139 Å². The van der Waals surface area contributed by atoms with E-state index in [2.05, 4.69) is 5.32 Å². The van der Waals surface area contributed by atoms with Crippen molar-refractivity contribution in [3.8, 4) is 0 Å². The van der Waals surface area contributed by atoms with Crippen LogP contribution in [0.4, 0.5) is 5.00 Å². The molecule has 0 aliphatic carbocycles. The molecular formula is C16H21NO5S. The standard InChI is InChI=1S/C16H21NO5S/c1-5-11-8-12(16(20)21-6-2)15(23-11)17-13(18)9-22-14(19)7-10(3)4/h7-8H,5-6,9H2,1-4H3,(H,17,18). The number of thiophene rings is 1. The molecule has 0 bridgehead atoms. The van der Waals surface area contributed by atoms with Crippen molar-refractivity contribution in [2.24, 2.45) is 0 Å². The molecule has 0 unspecified atom stereocenters. The van der Waals surface area contributed by atoms with Gasteiger partial charge in [0.25, 0.3) is 5.91 Å². The van der Waals surface area contributed by atoms with Crippen molar-refractivity contribution in [1.82, 2.24) is 0 Å². The molecule has 7 heteroatoms. The third-order valence-electron chi connectivity index (χ3n) is 2.63. The number of esters is 2. The van der Waals surface area contributed by atoms with Gasteiger partial charge in [-0.3, -0.25) is 4.79 Å². The molecule has 1 aromatic heterocycles. The SMILES string of the molecule is CCOC(=O)c1cc(CC)sc1NC(=O)COC(=O)C=C(C)C. The smallest absolute Gasteiger partial charge is 0.341 e. The molecule has 0 saturated carbocycles. The maximum Gasteiger partial charge on any atom is 0.341 e. The normalized spacial score (nSPS) is 9.91. The van der Waals surface area contributed by atoms with Gasteiger partial charge in [0.1, 0.15) is 5.00 Å². The van der Waals surface area contributed by atoms with E-state index in [1.54, 1.807) is 26.8 Å². The van der Waals surface area contributed by atoms with E-state index >= 15 is 0 Å². The van der Waals surface area contributed by atoms with Gasteiger partial charge in [-0.2, -0.15) is 0 Å². The molecule has 1 aromatic rings. The second-order valence-corrected chi connectivity index (χ2v) is 6.04. The van der Waals surface area contributed by atoms with Crippen LogP contribution < -0.4 is 5.32 Å². The Morgan fingerprint density at radius 3 is 2.48 bits per heavy atom. The molecule has 1 heterocycles. The van der Waals surface area contributed by atoms with Crippen LogP contribution in [0.1, 0.15) is 42.9 Å². The van der Waals surface area contributed by atoms with E-state index in [-0.39, 0.29) is 6.61 Å². The van der Waals surface area contributed by atoms with E-state index in [9.17, 15) is 14.4 Å². The molecule has 126 valence electrons. The molecule has 0 aromatic carbocycles. The lowest BCUT2D eigenvalue weighted by atomic mass is 10.2. The van der Waals surface area contributed by atoms with Crippen LogP contribution in [0.3, 0.4) is 0 Å². The number of amides is 1. The first-order valence-corrected chi connectivity index (χ1v) is 8.10. The predicted molar refractivity (Wildman–Crippen MR) is 88.7 cm³/mol. The Morgan fingerprint density at radius 2 is 1.91 bits per heavy atom. The summed E-state index contributed by atoms with van der Waals surface area (Å²) >= 11 is 1.30. The summed E-state index contributed by atoms with van der Waals surface area (Å²) in [5, 5.41) is 3.00. The summed E-state index contributed by atoms with van der Waals surface area (Å²) in [6.07, 6.45) is 2.04. The van der Waals surface area contributed by atoms with Crippen LogP contribution in [0.25, 0.3) is 0 Å². The van der Waals surface area contributed by atoms with E-state index in [4.69, 9.17) is 9.47 Å². The summed E-state index contributed by atoms with van der Waals surface area (Å²) in [7, 11) is 0. The first kappa shape index (κ1) is 18.9. The summed E-state index contributed by atoms with van der Waals surface area (Å²) in [5.41, 5.74) is 1.10. The van der Waals surface area contributed by atoms with E-state index in [0.717, 1.165) is 16.9 Å². The van der Waals surface area contributed by atoms with Gasteiger partial charge < -0.3 is 14.8 Å². The molecule has 0 atom stereocenters. The van der Waals surface area contributed by atoms with Crippen molar-refractivity contribution in [1.29, 1.82) is 0 Å². The number of aryl methyl sites for hydroxylation is 1. The fourth-order valence-electron chi connectivity index (χ4n) is 1.65. The number of rotatable bonds is 7. The van der Waals surface area contributed by atoms with Gasteiger partial charge in [0.15, 0.2) is 6.61 Å². The minimum absolute atomic E-state index is 0.254. The zero-order chi connectivity index (χ0) is 17.4. The Kier molecular flexibility index (Phi) is 7.47. The van der Waals surface area contributed by atoms with Gasteiger partial charge in [-0.15, -0.1) is 11.3 Å². The lowest BCUT2D eigenvalue weighted by Gasteiger charge is -2.06. The fraction of sp³-hybridized carbons (Fsp3) is 0.438. The maximum absolute atomic E-state index is 11.9. The Morgan fingerprint density at radius 1 is 1.22 bits per heavy atom. The average Bonchev–Trinajstić information content (AvgIpc) is 2.88. The largest absolute Gasteiger partial charge is 0.462 e. The van der Waals surface area contributed by atoms with E-state index in [1.165, 1.54) is 17.4 Å². The molecule has 1 N–H and O–H groups in total. The van der Waals surface area contributed by atoms with Crippen LogP contribution in [0.2, 0.25) is 0 Å². The lowest BCUT2D eigenvalue weighted by Crippen LogP contribution is -2.21. The molecule has 0 saturated heterocycles. The molecule has 6 nitrogen and oxygen atoms in total. The van der Waals surface area contributed by atoms with Crippen molar-refractivity contribution in [3.63, 3.8) is 0 Å². The predicted octanol–water partition coefficient (Wildman–Crippen LogP) is 2.94. The monoisotopic (exact) mass is 339 g/mol. The highest BCUT2D eigenvalue weighted by Gasteiger charge is 2.19. The molecule has 0 fully saturated rings. The van der Waals surface area contributed by atoms with Gasteiger partial charge in [-0.05, 0) is 33.3 Å². The third kappa shape index (κ3) is 6.23. The average molecular weight is 339 g/mol. The number of ether oxygens (including phenoxy) is 2. The number of allylic oxidation sites excluding steroid dienone is 1. The molecule has 0 radical (unpaired) electrons. The van der Waals surface area contributed by atoms with Crippen LogP contribution in [-0.2, 0) is 25.5 Å². The first-order chi connectivity index (χ1) is 10.9. The molecule has 0 aliphatic heterocycles. The minimum atomic E-state index is -0.578. The van der Waals surface area contributed by atoms with Gasteiger partial charge in [-0.25, -0.2) is 9.59 Å². The zero-order valence-electron chi connectivity index (χ0n) is 13.7. The van der Waals surface area contributed by atoms with Crippen LogP contribution in [-0.4, -0.2) is 31.1 Å². The second kappa shape index (κ2) is 9.09. The lowest BCUT2D eigenvalue weighted by molar-refractivity contribution is -0.142. The van der Waals surface area contributed by atoms with Crippen LogP contribution >= 0.6 is 11.3 Å². The molecule has 0 aliphatic rings. The molecule has 1 amide bonds. The summed E-state index contributed by atoms with van der Waals surface area (Å²) in [5.74, 6) is -1.57. The first-order valence-electron chi connectivity index (χ1n) is 7.28. The van der Waals surface area contributed by atoms with Crippen molar-refractivity contribution >= 4 is 34.2 Å². The number of hydrogen-bond acceptors (Lipinski definition) is 6. The van der Waals surface area contributed by atoms with Gasteiger partial charge in [-0.1, -0.05) is 12.5 Å². The van der Waals surface area contributed by atoms with E-state index in [0.29, 0.717) is 10.6 Å². The van der Waals surface area contributed by atoms with Crippen LogP contribution in [0.5, 0.6) is 0 Å². The number of carbonyl (C=O) groups is 3. The minimum Gasteiger partial charge on any atom is -0.462 e. The maximum atomic E-state index is 11.9. The third-order valence-corrected chi connectivity index (χ3v) is 3.83. The quantitative estimate of drug-likeness (QED) is 0.610. The summed E-state index contributed by atoms with van der Waals surface area (Å²) in [6, 6.07) is 1.70. The van der Waals surface area contributed by atoms with Crippen molar-refractivity contribution in [2.75, 3.05) is 18.5 Å². The summed E-state index contributed by atoms with van der Waals surface area (Å²) in [4.78, 5) is 36.1. The number of nitrogens with one attached hydrogen (secondary N) is 1. The highest BCUT2D eigenvalue weighted by Crippen LogP contribution is 2.29. The second-order valence-electron chi connectivity index (χ2n) is 4.91. The number of carbonyl (C=O) groups excluding carboxylic acids is 3. The summed E-state index contributed by atoms with van der Waals surface area (Å²) in [6.45, 7) is 7.02. The molecule has 23 heavy (non-hydrogen) atoms. The van der Waals surface area contributed by atoms with Gasteiger partial charge in [0.2, 0.25) is 0 Å². The van der Waals surface area contributed by atoms with Gasteiger partial charge >= 0.3 is 11.9 Å². The highest BCUT2D eigenvalue weighted by atomic mass is 32.1. The molecular weight excluding hydrogens is 318 g/mol.